The minimum Gasteiger partial charge on any atom is -0.416 e. The van der Waals surface area contributed by atoms with Crippen LogP contribution < -0.4 is 9.47 Å². The van der Waals surface area contributed by atoms with Crippen LogP contribution >= 0.6 is 0 Å². The second-order valence-electron chi connectivity index (χ2n) is 6.04. The van der Waals surface area contributed by atoms with E-state index in [1.165, 1.54) is 0 Å². The summed E-state index contributed by atoms with van der Waals surface area (Å²) in [4.78, 5) is 27.4. The molecule has 0 radical (unpaired) electrons. The molecule has 0 saturated carbocycles. The topological polar surface area (TPSA) is 65.5 Å². The van der Waals surface area contributed by atoms with Gasteiger partial charge in [-0.25, -0.2) is 35.9 Å². The molecule has 0 amide bonds. The molecule has 178 valence electrons. The summed E-state index contributed by atoms with van der Waals surface area (Å²) in [6, 6.07) is 0.454. The summed E-state index contributed by atoms with van der Waals surface area (Å²) in [5, 5.41) is 0. The zero-order valence-electron chi connectivity index (χ0n) is 15.6. The predicted molar refractivity (Wildman–Crippen MR) is 86.6 cm³/mol. The third kappa shape index (κ3) is 4.11. The molecule has 0 fully saturated rings. The molecule has 0 spiro atoms. The van der Waals surface area contributed by atoms with Crippen LogP contribution in [0.5, 0.6) is 11.5 Å². The van der Waals surface area contributed by atoms with E-state index >= 15 is 0 Å². The number of nitrogens with zero attached hydrogens (tertiary/aromatic N) is 1. The fourth-order valence-corrected chi connectivity index (χ4v) is 2.32. The molecular formula is C19H3F10NO4. The zero-order valence-corrected chi connectivity index (χ0v) is 15.6. The molecule has 0 saturated heterocycles. The molecule has 0 aliphatic rings. The summed E-state index contributed by atoms with van der Waals surface area (Å²) in [5.74, 6) is -32.4. The molecule has 0 bridgehead atoms. The van der Waals surface area contributed by atoms with Crippen molar-refractivity contribution in [3.63, 3.8) is 0 Å². The molecule has 2 aromatic carbocycles. The Morgan fingerprint density at radius 1 is 0.500 bits per heavy atom. The molecule has 0 N–H and O–H groups in total. The van der Waals surface area contributed by atoms with Crippen LogP contribution in [0.4, 0.5) is 43.9 Å². The van der Waals surface area contributed by atoms with Crippen molar-refractivity contribution >= 4 is 11.9 Å². The molecule has 0 atom stereocenters. The summed E-state index contributed by atoms with van der Waals surface area (Å²) >= 11 is 0. The van der Waals surface area contributed by atoms with Crippen LogP contribution in [0.25, 0.3) is 0 Å². The summed E-state index contributed by atoms with van der Waals surface area (Å²) in [6.45, 7) is 0. The van der Waals surface area contributed by atoms with Crippen molar-refractivity contribution in [2.45, 2.75) is 0 Å². The standard InChI is InChI=1S/C19H3F10NO4/c20-6-8(22)12(26)16(13(27)9(6)23)33-18(31)4-1-5(3-30-2-4)19(32)34-17-14(28)10(24)7(21)11(25)15(17)29/h1-3H. The van der Waals surface area contributed by atoms with Gasteiger partial charge in [0.05, 0.1) is 11.1 Å². The van der Waals surface area contributed by atoms with Crippen LogP contribution in [0.1, 0.15) is 20.7 Å². The van der Waals surface area contributed by atoms with Crippen LogP contribution in [0, 0.1) is 58.2 Å². The second kappa shape index (κ2) is 8.99. The van der Waals surface area contributed by atoms with Crippen molar-refractivity contribution in [2.24, 2.45) is 0 Å². The minimum absolute atomic E-state index is 0.454. The first-order valence-electron chi connectivity index (χ1n) is 8.29. The lowest BCUT2D eigenvalue weighted by atomic mass is 10.2. The van der Waals surface area contributed by atoms with Gasteiger partial charge >= 0.3 is 11.9 Å². The molecule has 3 rings (SSSR count). The van der Waals surface area contributed by atoms with Crippen LogP contribution in [0.3, 0.4) is 0 Å². The average molecular weight is 499 g/mol. The predicted octanol–water partition coefficient (Wildman–Crippen LogP) is 4.91. The number of hydrogen-bond acceptors (Lipinski definition) is 5. The minimum atomic E-state index is -2.53. The molecule has 1 heterocycles. The maximum absolute atomic E-state index is 13.7. The van der Waals surface area contributed by atoms with E-state index in [2.05, 4.69) is 14.5 Å². The van der Waals surface area contributed by atoms with Gasteiger partial charge in [0.2, 0.25) is 69.7 Å². The Morgan fingerprint density at radius 2 is 0.765 bits per heavy atom. The average Bonchev–Trinajstić information content (AvgIpc) is 2.84. The number of esters is 2. The number of ether oxygens (including phenoxy) is 2. The highest BCUT2D eigenvalue weighted by Gasteiger charge is 2.31. The summed E-state index contributed by atoms with van der Waals surface area (Å²) in [5.41, 5.74) is -1.76. The van der Waals surface area contributed by atoms with Gasteiger partial charge in [0.15, 0.2) is 0 Å². The molecule has 0 aliphatic carbocycles. The number of rotatable bonds is 4. The van der Waals surface area contributed by atoms with Crippen molar-refractivity contribution in [1.82, 2.24) is 4.98 Å². The van der Waals surface area contributed by atoms with Gasteiger partial charge in [-0.05, 0) is 6.07 Å². The Balaban J connectivity index is 1.91. The van der Waals surface area contributed by atoms with E-state index < -0.39 is 92.7 Å². The molecule has 34 heavy (non-hydrogen) atoms. The van der Waals surface area contributed by atoms with E-state index in [0.717, 1.165) is 0 Å². The summed E-state index contributed by atoms with van der Waals surface area (Å²) in [6.07, 6.45) is 1.15. The van der Waals surface area contributed by atoms with Gasteiger partial charge in [0, 0.05) is 12.4 Å². The van der Waals surface area contributed by atoms with Crippen molar-refractivity contribution in [3.8, 4) is 11.5 Å². The maximum Gasteiger partial charge on any atom is 0.345 e. The molecule has 5 nitrogen and oxygen atoms in total. The van der Waals surface area contributed by atoms with Crippen molar-refractivity contribution in [2.75, 3.05) is 0 Å². The Morgan fingerprint density at radius 3 is 1.06 bits per heavy atom. The molecular weight excluding hydrogens is 496 g/mol. The van der Waals surface area contributed by atoms with Gasteiger partial charge in [-0.15, -0.1) is 0 Å². The lowest BCUT2D eigenvalue weighted by Crippen LogP contribution is -2.17. The van der Waals surface area contributed by atoms with Crippen LogP contribution in [0.15, 0.2) is 18.5 Å². The number of benzene rings is 2. The third-order valence-corrected chi connectivity index (χ3v) is 3.94. The number of carbonyl (C=O) groups is 2. The molecule has 15 heteroatoms. The van der Waals surface area contributed by atoms with E-state index in [-0.39, 0.29) is 0 Å². The number of carbonyl (C=O) groups excluding carboxylic acids is 2. The highest BCUT2D eigenvalue weighted by Crippen LogP contribution is 2.31. The van der Waals surface area contributed by atoms with Gasteiger partial charge < -0.3 is 9.47 Å². The van der Waals surface area contributed by atoms with Gasteiger partial charge in [-0.3, -0.25) is 4.98 Å². The van der Waals surface area contributed by atoms with Gasteiger partial charge in [-0.2, -0.15) is 17.6 Å². The normalized spacial score (nSPS) is 10.9. The largest absolute Gasteiger partial charge is 0.416 e. The van der Waals surface area contributed by atoms with Crippen molar-refractivity contribution in [3.05, 3.63) is 87.8 Å². The van der Waals surface area contributed by atoms with Gasteiger partial charge in [0.1, 0.15) is 0 Å². The SMILES string of the molecule is O=C(Oc1c(F)c(F)c(F)c(F)c1F)c1cncc(C(=O)Oc2c(F)c(F)c(F)c(F)c2F)c1. The van der Waals surface area contributed by atoms with Crippen molar-refractivity contribution in [1.29, 1.82) is 0 Å². The number of halogens is 10. The smallest absolute Gasteiger partial charge is 0.345 e. The first-order valence-corrected chi connectivity index (χ1v) is 8.29. The quantitative estimate of drug-likeness (QED) is 0.168. The Hall–Kier alpha value is -4.17. The first-order chi connectivity index (χ1) is 15.9. The second-order valence-corrected chi connectivity index (χ2v) is 6.04. The summed E-state index contributed by atoms with van der Waals surface area (Å²) in [7, 11) is 0. The van der Waals surface area contributed by atoms with Crippen LogP contribution in [0.2, 0.25) is 0 Å². The van der Waals surface area contributed by atoms with E-state index in [4.69, 9.17) is 0 Å². The molecule has 0 aliphatic heterocycles. The van der Waals surface area contributed by atoms with Crippen molar-refractivity contribution < 1.29 is 63.0 Å². The van der Waals surface area contributed by atoms with Crippen LogP contribution in [-0.2, 0) is 0 Å². The van der Waals surface area contributed by atoms with Gasteiger partial charge in [-0.1, -0.05) is 0 Å². The Bertz CT molecular complexity index is 1200. The highest BCUT2D eigenvalue weighted by atomic mass is 19.2. The number of pyridine rings is 1. The third-order valence-electron chi connectivity index (χ3n) is 3.94. The monoisotopic (exact) mass is 499 g/mol. The summed E-state index contributed by atoms with van der Waals surface area (Å²) < 4.78 is 142. The van der Waals surface area contributed by atoms with E-state index in [9.17, 15) is 53.5 Å². The fraction of sp³-hybridized carbons (Fsp3) is 0. The van der Waals surface area contributed by atoms with Crippen LogP contribution in [-0.4, -0.2) is 16.9 Å². The highest BCUT2D eigenvalue weighted by molar-refractivity contribution is 5.96. The number of hydrogen-bond donors (Lipinski definition) is 0. The van der Waals surface area contributed by atoms with E-state index in [1.54, 1.807) is 0 Å². The molecule has 0 unspecified atom stereocenters. The van der Waals surface area contributed by atoms with E-state index in [0.29, 0.717) is 18.5 Å². The molecule has 3 aromatic rings. The Labute approximate surface area is 180 Å². The maximum atomic E-state index is 13.7. The zero-order chi connectivity index (χ0) is 25.5. The lowest BCUT2D eigenvalue weighted by molar-refractivity contribution is 0.0714. The Kier molecular flexibility index (Phi) is 6.47. The lowest BCUT2D eigenvalue weighted by Gasteiger charge is -2.10. The molecule has 1 aromatic heterocycles. The fourth-order valence-electron chi connectivity index (χ4n) is 2.32. The number of aromatic nitrogens is 1. The van der Waals surface area contributed by atoms with E-state index in [1.807, 2.05) is 0 Å². The first kappa shape index (κ1) is 24.5. The van der Waals surface area contributed by atoms with Gasteiger partial charge in [0.25, 0.3) is 0 Å².